The standard InChI is InChI=1S/C63H121NO5/c1-3-5-7-9-11-13-14-15-16-31-34-37-41-45-49-53-57-63(68)69-58-54-50-46-42-38-35-32-29-27-25-23-21-19-17-18-20-22-24-26-28-30-33-36-40-44-48-52-56-62(67)64-60(59-65)61(66)55-51-47-43-39-12-10-8-6-4-2/h16-18,31,60-61,65-66H,3-15,19-30,32-59H2,1-2H3,(H,64,67)/b18-17-,31-16-. The number of carbonyl (C=O) groups is 2. The van der Waals surface area contributed by atoms with E-state index in [1.807, 2.05) is 0 Å². The average Bonchev–Trinajstić information content (AvgIpc) is 3.35. The summed E-state index contributed by atoms with van der Waals surface area (Å²) in [6.07, 6.45) is 72.1. The van der Waals surface area contributed by atoms with E-state index in [4.69, 9.17) is 4.74 Å². The lowest BCUT2D eigenvalue weighted by atomic mass is 10.0. The molecule has 1 amide bonds. The molecule has 408 valence electrons. The molecule has 0 aliphatic heterocycles. The first-order valence-corrected chi connectivity index (χ1v) is 31.1. The van der Waals surface area contributed by atoms with Crippen LogP contribution in [0.25, 0.3) is 0 Å². The highest BCUT2D eigenvalue weighted by atomic mass is 16.5. The van der Waals surface area contributed by atoms with Crippen molar-refractivity contribution in [3.63, 3.8) is 0 Å². The Morgan fingerprint density at radius 1 is 0.391 bits per heavy atom. The van der Waals surface area contributed by atoms with Crippen molar-refractivity contribution >= 4 is 11.9 Å². The van der Waals surface area contributed by atoms with E-state index in [1.165, 1.54) is 263 Å². The molecule has 6 nitrogen and oxygen atoms in total. The summed E-state index contributed by atoms with van der Waals surface area (Å²) in [5, 5.41) is 23.1. The Morgan fingerprint density at radius 2 is 0.681 bits per heavy atom. The summed E-state index contributed by atoms with van der Waals surface area (Å²) < 4.78 is 5.49. The van der Waals surface area contributed by atoms with Crippen LogP contribution in [0.1, 0.15) is 341 Å². The number of nitrogens with one attached hydrogen (secondary N) is 1. The Kier molecular flexibility index (Phi) is 57.5. The highest BCUT2D eigenvalue weighted by molar-refractivity contribution is 5.76. The summed E-state index contributed by atoms with van der Waals surface area (Å²) in [7, 11) is 0. The fraction of sp³-hybridized carbons (Fsp3) is 0.905. The number of rotatable bonds is 58. The molecule has 2 unspecified atom stereocenters. The topological polar surface area (TPSA) is 95.9 Å². The first kappa shape index (κ1) is 67.3. The Balaban J connectivity index is 3.35. The second kappa shape index (κ2) is 58.9. The molecule has 0 fully saturated rings. The fourth-order valence-electron chi connectivity index (χ4n) is 9.69. The third kappa shape index (κ3) is 55.5. The normalized spacial score (nSPS) is 12.7. The summed E-state index contributed by atoms with van der Waals surface area (Å²) in [5.74, 6) is -0.0295. The van der Waals surface area contributed by atoms with Gasteiger partial charge in [-0.2, -0.15) is 0 Å². The van der Waals surface area contributed by atoms with Gasteiger partial charge >= 0.3 is 5.97 Å². The molecule has 6 heteroatoms. The van der Waals surface area contributed by atoms with E-state index in [0.717, 1.165) is 44.9 Å². The predicted octanol–water partition coefficient (Wildman–Crippen LogP) is 19.4. The number of allylic oxidation sites excluding steroid dienone is 4. The van der Waals surface area contributed by atoms with Crippen molar-refractivity contribution in [2.75, 3.05) is 13.2 Å². The minimum absolute atomic E-state index is 0.00787. The lowest BCUT2D eigenvalue weighted by Gasteiger charge is -2.22. The number of esters is 1. The van der Waals surface area contributed by atoms with Gasteiger partial charge in [-0.15, -0.1) is 0 Å². The molecule has 0 rings (SSSR count). The van der Waals surface area contributed by atoms with Crippen LogP contribution >= 0.6 is 0 Å². The third-order valence-corrected chi connectivity index (χ3v) is 14.5. The average molecular weight is 973 g/mol. The molecule has 0 saturated heterocycles. The summed E-state index contributed by atoms with van der Waals surface area (Å²) >= 11 is 0. The Hall–Kier alpha value is -1.66. The molecule has 0 saturated carbocycles. The molecule has 0 radical (unpaired) electrons. The van der Waals surface area contributed by atoms with Crippen molar-refractivity contribution in [2.24, 2.45) is 0 Å². The van der Waals surface area contributed by atoms with Crippen LogP contribution in [0.5, 0.6) is 0 Å². The smallest absolute Gasteiger partial charge is 0.305 e. The van der Waals surface area contributed by atoms with Gasteiger partial charge in [0.25, 0.3) is 0 Å². The van der Waals surface area contributed by atoms with E-state index in [-0.39, 0.29) is 18.5 Å². The van der Waals surface area contributed by atoms with Gasteiger partial charge in [-0.05, 0) is 77.0 Å². The zero-order chi connectivity index (χ0) is 50.0. The van der Waals surface area contributed by atoms with E-state index >= 15 is 0 Å². The predicted molar refractivity (Wildman–Crippen MR) is 301 cm³/mol. The van der Waals surface area contributed by atoms with Gasteiger partial charge in [0.15, 0.2) is 0 Å². The molecule has 0 bridgehead atoms. The molecule has 0 heterocycles. The Bertz CT molecular complexity index is 1080. The first-order chi connectivity index (χ1) is 34.0. The fourth-order valence-corrected chi connectivity index (χ4v) is 9.69. The maximum atomic E-state index is 12.4. The van der Waals surface area contributed by atoms with Gasteiger partial charge in [-0.25, -0.2) is 0 Å². The van der Waals surface area contributed by atoms with Crippen LogP contribution in [0.3, 0.4) is 0 Å². The van der Waals surface area contributed by atoms with Gasteiger partial charge in [0.2, 0.25) is 5.91 Å². The number of aliphatic hydroxyl groups is 2. The van der Waals surface area contributed by atoms with Crippen molar-refractivity contribution in [3.05, 3.63) is 24.3 Å². The highest BCUT2D eigenvalue weighted by Gasteiger charge is 2.20. The van der Waals surface area contributed by atoms with Crippen LogP contribution in [-0.2, 0) is 14.3 Å². The number of hydrogen-bond donors (Lipinski definition) is 3. The van der Waals surface area contributed by atoms with Crippen LogP contribution in [0, 0.1) is 0 Å². The zero-order valence-corrected chi connectivity index (χ0v) is 46.6. The van der Waals surface area contributed by atoms with Crippen LogP contribution in [-0.4, -0.2) is 47.4 Å². The second-order valence-electron chi connectivity index (χ2n) is 21.4. The van der Waals surface area contributed by atoms with Gasteiger partial charge in [0.05, 0.1) is 25.4 Å². The van der Waals surface area contributed by atoms with Crippen LogP contribution < -0.4 is 5.32 Å². The molecule has 0 aliphatic rings. The molecule has 2 atom stereocenters. The molecule has 0 spiro atoms. The molecule has 0 aromatic carbocycles. The molecular weight excluding hydrogens is 851 g/mol. The third-order valence-electron chi connectivity index (χ3n) is 14.5. The summed E-state index contributed by atoms with van der Waals surface area (Å²) in [6, 6.07) is -0.539. The lowest BCUT2D eigenvalue weighted by Crippen LogP contribution is -2.45. The largest absolute Gasteiger partial charge is 0.466 e. The number of hydrogen-bond acceptors (Lipinski definition) is 5. The molecule has 0 aliphatic carbocycles. The number of ether oxygens (including phenoxy) is 1. The quantitative estimate of drug-likeness (QED) is 0.0321. The number of aliphatic hydroxyl groups excluding tert-OH is 2. The Morgan fingerprint density at radius 3 is 1.03 bits per heavy atom. The van der Waals surface area contributed by atoms with Crippen molar-refractivity contribution in [3.8, 4) is 0 Å². The highest BCUT2D eigenvalue weighted by Crippen LogP contribution is 2.17. The number of amides is 1. The molecule has 69 heavy (non-hydrogen) atoms. The first-order valence-electron chi connectivity index (χ1n) is 31.1. The van der Waals surface area contributed by atoms with Crippen molar-refractivity contribution in [1.82, 2.24) is 5.32 Å². The summed E-state index contributed by atoms with van der Waals surface area (Å²) in [6.45, 7) is 4.94. The SMILES string of the molecule is CCCCCCCCC/C=C\CCCCCCCC(=O)OCCCCCCCCCCCCCC/C=C\CCCCCCCCCCCCCC(=O)NC(CO)C(O)CCCCCCCCCCC. The molecule has 3 N–H and O–H groups in total. The lowest BCUT2D eigenvalue weighted by molar-refractivity contribution is -0.143. The van der Waals surface area contributed by atoms with Crippen LogP contribution in [0.4, 0.5) is 0 Å². The van der Waals surface area contributed by atoms with Crippen molar-refractivity contribution < 1.29 is 24.5 Å². The van der Waals surface area contributed by atoms with Gasteiger partial charge in [-0.1, -0.05) is 276 Å². The zero-order valence-electron chi connectivity index (χ0n) is 46.6. The molecule has 0 aromatic heterocycles. The second-order valence-corrected chi connectivity index (χ2v) is 21.4. The van der Waals surface area contributed by atoms with Crippen molar-refractivity contribution in [1.29, 1.82) is 0 Å². The van der Waals surface area contributed by atoms with Crippen LogP contribution in [0.15, 0.2) is 24.3 Å². The van der Waals surface area contributed by atoms with Gasteiger partial charge in [-0.3, -0.25) is 9.59 Å². The van der Waals surface area contributed by atoms with E-state index in [9.17, 15) is 19.8 Å². The van der Waals surface area contributed by atoms with Crippen molar-refractivity contribution in [2.45, 2.75) is 353 Å². The number of carbonyl (C=O) groups excluding carboxylic acids is 2. The maximum Gasteiger partial charge on any atom is 0.305 e. The minimum atomic E-state index is -0.662. The van der Waals surface area contributed by atoms with E-state index in [0.29, 0.717) is 25.9 Å². The van der Waals surface area contributed by atoms with E-state index in [2.05, 4.69) is 43.5 Å². The summed E-state index contributed by atoms with van der Waals surface area (Å²) in [4.78, 5) is 24.5. The molecular formula is C63H121NO5. The monoisotopic (exact) mass is 972 g/mol. The van der Waals surface area contributed by atoms with Crippen LogP contribution in [0.2, 0.25) is 0 Å². The minimum Gasteiger partial charge on any atom is -0.466 e. The van der Waals surface area contributed by atoms with Gasteiger partial charge in [0.1, 0.15) is 0 Å². The van der Waals surface area contributed by atoms with E-state index < -0.39 is 12.1 Å². The number of unbranched alkanes of at least 4 members (excludes halogenated alkanes) is 43. The van der Waals surface area contributed by atoms with Gasteiger partial charge < -0.3 is 20.3 Å². The van der Waals surface area contributed by atoms with E-state index in [1.54, 1.807) is 0 Å². The van der Waals surface area contributed by atoms with Gasteiger partial charge in [0, 0.05) is 12.8 Å². The Labute approximate surface area is 431 Å². The maximum absolute atomic E-state index is 12.4. The summed E-state index contributed by atoms with van der Waals surface area (Å²) in [5.41, 5.74) is 0. The molecule has 0 aromatic rings.